The molecule has 3 N–H and O–H groups in total. The predicted octanol–water partition coefficient (Wildman–Crippen LogP) is 2.46. The minimum Gasteiger partial charge on any atom is -0.445 e. The van der Waals surface area contributed by atoms with Crippen LogP contribution in [-0.2, 0) is 25.6 Å². The van der Waals surface area contributed by atoms with E-state index in [9.17, 15) is 4.79 Å². The molecule has 1 aromatic carbocycles. The molecule has 0 bridgehead atoms. The second-order valence-corrected chi connectivity index (χ2v) is 10.2. The number of imidazole rings is 1. The van der Waals surface area contributed by atoms with Crippen LogP contribution in [0.4, 0.5) is 10.6 Å². The van der Waals surface area contributed by atoms with Crippen molar-refractivity contribution in [3.63, 3.8) is 0 Å². The molecule has 3 aromatic rings. The summed E-state index contributed by atoms with van der Waals surface area (Å²) in [4.78, 5) is 26.9. The van der Waals surface area contributed by atoms with Gasteiger partial charge in [0.05, 0.1) is 6.33 Å². The van der Waals surface area contributed by atoms with Gasteiger partial charge in [0.15, 0.2) is 23.5 Å². The molecule has 1 unspecified atom stereocenters. The molecule has 2 aromatic heterocycles. The number of amides is 1. The lowest BCUT2D eigenvalue weighted by molar-refractivity contribution is -0.197. The number of ether oxygens (including phenoxy) is 4. The van der Waals surface area contributed by atoms with Crippen molar-refractivity contribution in [3.05, 3.63) is 48.5 Å². The third kappa shape index (κ3) is 5.88. The molecule has 12 heteroatoms. The summed E-state index contributed by atoms with van der Waals surface area (Å²) in [5.41, 5.74) is 8.06. The van der Waals surface area contributed by atoms with Crippen LogP contribution in [0.5, 0.6) is 0 Å². The first-order valence-corrected chi connectivity index (χ1v) is 12.9. The number of benzene rings is 1. The molecule has 0 aliphatic carbocycles. The summed E-state index contributed by atoms with van der Waals surface area (Å²) in [5, 5.41) is 2.81. The number of rotatable bonds is 10. The molecule has 38 heavy (non-hydrogen) atoms. The van der Waals surface area contributed by atoms with Crippen LogP contribution in [0.1, 0.15) is 38.5 Å². The first-order valence-electron chi connectivity index (χ1n) is 12.9. The predicted molar refractivity (Wildman–Crippen MR) is 139 cm³/mol. The van der Waals surface area contributed by atoms with E-state index in [2.05, 4.69) is 32.2 Å². The molecule has 2 fully saturated rings. The van der Waals surface area contributed by atoms with Gasteiger partial charge >= 0.3 is 6.09 Å². The molecule has 0 saturated carbocycles. The van der Waals surface area contributed by atoms with Crippen molar-refractivity contribution in [1.82, 2.24) is 29.7 Å². The van der Waals surface area contributed by atoms with Crippen LogP contribution in [0.3, 0.4) is 0 Å². The van der Waals surface area contributed by atoms with E-state index in [4.69, 9.17) is 24.7 Å². The molecule has 2 aliphatic heterocycles. The van der Waals surface area contributed by atoms with Crippen molar-refractivity contribution >= 4 is 23.1 Å². The molecule has 2 saturated heterocycles. The van der Waals surface area contributed by atoms with E-state index in [1.165, 1.54) is 6.33 Å². The number of anilines is 1. The minimum absolute atomic E-state index is 0.209. The van der Waals surface area contributed by atoms with Gasteiger partial charge in [0, 0.05) is 13.1 Å². The molecule has 12 nitrogen and oxygen atoms in total. The Morgan fingerprint density at radius 1 is 1.16 bits per heavy atom. The van der Waals surface area contributed by atoms with Gasteiger partial charge in [-0.05, 0) is 45.8 Å². The summed E-state index contributed by atoms with van der Waals surface area (Å²) in [6.07, 6.45) is 3.20. The second-order valence-electron chi connectivity index (χ2n) is 10.2. The van der Waals surface area contributed by atoms with Crippen LogP contribution in [0.25, 0.3) is 11.2 Å². The molecular weight excluding hydrogens is 490 g/mol. The zero-order valence-corrected chi connectivity index (χ0v) is 21.9. The van der Waals surface area contributed by atoms with Gasteiger partial charge in [-0.25, -0.2) is 19.7 Å². The largest absolute Gasteiger partial charge is 0.445 e. The summed E-state index contributed by atoms with van der Waals surface area (Å²) in [5.74, 6) is -0.401. The Labute approximate surface area is 221 Å². The molecule has 4 heterocycles. The molecule has 4 atom stereocenters. The van der Waals surface area contributed by atoms with Crippen molar-refractivity contribution < 1.29 is 23.7 Å². The van der Waals surface area contributed by atoms with E-state index >= 15 is 0 Å². The molecular formula is C26H35N7O5. The van der Waals surface area contributed by atoms with E-state index in [0.717, 1.165) is 24.9 Å². The van der Waals surface area contributed by atoms with E-state index < -0.39 is 18.1 Å². The summed E-state index contributed by atoms with van der Waals surface area (Å²) in [6.45, 7) is 6.13. The number of fused-ring (bicyclic) bond motifs is 2. The Balaban J connectivity index is 1.10. The van der Waals surface area contributed by atoms with Crippen molar-refractivity contribution in [3.8, 4) is 0 Å². The smallest absolute Gasteiger partial charge is 0.407 e. The SMILES string of the molecule is CN(CCCCNC(=O)OCc1ccccc1)C[C@H]1OC(n2cnc3c(N)ncnc32)[C@@H]2OC(C)(C)O[C@H]12. The number of alkyl carbamates (subject to hydrolysis) is 1. The molecule has 0 spiro atoms. The van der Waals surface area contributed by atoms with E-state index in [0.29, 0.717) is 30.1 Å². The standard InChI is InChI=1S/C26H35N7O5/c1-26(2)37-20-18(36-24(21(20)38-26)33-16-31-19-22(27)29-15-30-23(19)33)13-32(3)12-8-7-11-28-25(34)35-14-17-9-5-4-6-10-17/h4-6,9-10,15-16,18,20-21,24H,7-8,11-14H2,1-3H3,(H,28,34)(H2,27,29,30)/t18-,20-,21-,24?/m1/s1. The van der Waals surface area contributed by atoms with Gasteiger partial charge in [0.25, 0.3) is 0 Å². The number of carbonyl (C=O) groups is 1. The van der Waals surface area contributed by atoms with E-state index in [1.54, 1.807) is 6.33 Å². The van der Waals surface area contributed by atoms with Gasteiger partial charge < -0.3 is 34.9 Å². The number of nitrogens with two attached hydrogens (primary N) is 1. The van der Waals surface area contributed by atoms with Crippen LogP contribution >= 0.6 is 0 Å². The maximum absolute atomic E-state index is 11.9. The topological polar surface area (TPSA) is 139 Å². The minimum atomic E-state index is -0.723. The lowest BCUT2D eigenvalue weighted by atomic mass is 10.1. The monoisotopic (exact) mass is 525 g/mol. The summed E-state index contributed by atoms with van der Waals surface area (Å²) >= 11 is 0. The first-order chi connectivity index (χ1) is 18.3. The van der Waals surface area contributed by atoms with Gasteiger partial charge in [-0.15, -0.1) is 0 Å². The highest BCUT2D eigenvalue weighted by Crippen LogP contribution is 2.44. The van der Waals surface area contributed by atoms with E-state index in [-0.39, 0.29) is 24.9 Å². The number of aromatic nitrogens is 4. The lowest BCUT2D eigenvalue weighted by Gasteiger charge is -2.27. The fourth-order valence-corrected chi connectivity index (χ4v) is 4.96. The van der Waals surface area contributed by atoms with Gasteiger partial charge in [-0.3, -0.25) is 4.57 Å². The highest BCUT2D eigenvalue weighted by Gasteiger charge is 2.56. The Bertz CT molecular complexity index is 1240. The number of nitrogens with one attached hydrogen (secondary N) is 1. The second kappa shape index (κ2) is 11.2. The third-order valence-corrected chi connectivity index (χ3v) is 6.73. The Morgan fingerprint density at radius 2 is 1.95 bits per heavy atom. The first kappa shape index (κ1) is 26.3. The van der Waals surface area contributed by atoms with Gasteiger partial charge in [-0.2, -0.15) is 0 Å². The van der Waals surface area contributed by atoms with Crippen LogP contribution in [0.15, 0.2) is 43.0 Å². The number of nitrogens with zero attached hydrogens (tertiary/aromatic N) is 5. The number of hydrogen-bond donors (Lipinski definition) is 2. The average molecular weight is 526 g/mol. The van der Waals surface area contributed by atoms with E-state index in [1.807, 2.05) is 48.7 Å². The van der Waals surface area contributed by atoms with Crippen molar-refractivity contribution in [1.29, 1.82) is 0 Å². The molecule has 1 amide bonds. The molecule has 5 rings (SSSR count). The van der Waals surface area contributed by atoms with Crippen molar-refractivity contribution in [2.45, 2.75) is 63.6 Å². The number of hydrogen-bond acceptors (Lipinski definition) is 10. The fraction of sp³-hybridized carbons (Fsp3) is 0.538. The van der Waals surface area contributed by atoms with Crippen LogP contribution in [-0.4, -0.2) is 81.3 Å². The normalized spacial score (nSPS) is 24.1. The van der Waals surface area contributed by atoms with Crippen molar-refractivity contribution in [2.24, 2.45) is 0 Å². The van der Waals surface area contributed by atoms with Crippen LogP contribution in [0.2, 0.25) is 0 Å². The molecule has 2 aliphatic rings. The number of unbranched alkanes of at least 4 members (excludes halogenated alkanes) is 1. The maximum atomic E-state index is 11.9. The summed E-state index contributed by atoms with van der Waals surface area (Å²) in [7, 11) is 2.05. The van der Waals surface area contributed by atoms with Crippen LogP contribution < -0.4 is 11.1 Å². The summed E-state index contributed by atoms with van der Waals surface area (Å²) < 4.78 is 26.1. The van der Waals surface area contributed by atoms with Gasteiger partial charge in [0.1, 0.15) is 36.8 Å². The van der Waals surface area contributed by atoms with Gasteiger partial charge in [0.2, 0.25) is 0 Å². The number of likely N-dealkylation sites (N-methyl/N-ethyl adjacent to an activating group) is 1. The van der Waals surface area contributed by atoms with Gasteiger partial charge in [-0.1, -0.05) is 30.3 Å². The zero-order chi connectivity index (χ0) is 26.7. The fourth-order valence-electron chi connectivity index (χ4n) is 4.96. The zero-order valence-electron chi connectivity index (χ0n) is 21.9. The Kier molecular flexibility index (Phi) is 7.75. The molecule has 204 valence electrons. The third-order valence-electron chi connectivity index (χ3n) is 6.73. The van der Waals surface area contributed by atoms with Crippen molar-refractivity contribution in [2.75, 3.05) is 32.4 Å². The summed E-state index contributed by atoms with van der Waals surface area (Å²) in [6, 6.07) is 9.61. The average Bonchev–Trinajstić information content (AvgIpc) is 3.55. The quantitative estimate of drug-likeness (QED) is 0.380. The highest BCUT2D eigenvalue weighted by molar-refractivity contribution is 5.81. The molecule has 0 radical (unpaired) electrons. The number of carbonyl (C=O) groups excluding carboxylic acids is 1. The van der Waals surface area contributed by atoms with Crippen LogP contribution in [0, 0.1) is 0 Å². The highest BCUT2D eigenvalue weighted by atomic mass is 16.8. The Morgan fingerprint density at radius 3 is 2.76 bits per heavy atom. The maximum Gasteiger partial charge on any atom is 0.407 e. The Hall–Kier alpha value is -3.32. The number of nitrogen functional groups attached to an aromatic ring is 1. The lowest BCUT2D eigenvalue weighted by Crippen LogP contribution is -2.39.